The first-order chi connectivity index (χ1) is 13.4. The molecule has 0 radical (unpaired) electrons. The topological polar surface area (TPSA) is 0 Å². The standard InChI is InChI=1S/C26H19P/c1-3-13-22(14-4-1)27(23-15-5-2-6-16-23)26-24-17-9-7-11-20(24)19-21-12-8-10-18-25(21)26/h1-19H. The maximum Gasteiger partial charge on any atom is 0.000594 e. The molecule has 0 aliphatic heterocycles. The number of hydrogen-bond acceptors (Lipinski definition) is 0. The normalized spacial score (nSPS) is 11.3. The molecule has 0 aromatic heterocycles. The molecule has 0 fully saturated rings. The minimum atomic E-state index is -0.646. The van der Waals surface area contributed by atoms with Gasteiger partial charge in [0.2, 0.25) is 0 Å². The van der Waals surface area contributed by atoms with E-state index in [1.165, 1.54) is 37.5 Å². The first-order valence-electron chi connectivity index (χ1n) is 9.22. The molecular formula is C26H19P. The molecule has 0 spiro atoms. The van der Waals surface area contributed by atoms with Gasteiger partial charge in [-0.3, -0.25) is 0 Å². The van der Waals surface area contributed by atoms with Crippen LogP contribution in [0.5, 0.6) is 0 Å². The van der Waals surface area contributed by atoms with Gasteiger partial charge in [0.05, 0.1) is 0 Å². The first-order valence-corrected chi connectivity index (χ1v) is 10.6. The molecule has 0 N–H and O–H groups in total. The quantitative estimate of drug-likeness (QED) is 0.283. The highest BCUT2D eigenvalue weighted by Crippen LogP contribution is 2.39. The Hall–Kier alpha value is -2.95. The van der Waals surface area contributed by atoms with E-state index < -0.39 is 7.92 Å². The van der Waals surface area contributed by atoms with Crippen molar-refractivity contribution in [3.8, 4) is 0 Å². The van der Waals surface area contributed by atoms with Gasteiger partial charge in [0.25, 0.3) is 0 Å². The molecule has 27 heavy (non-hydrogen) atoms. The van der Waals surface area contributed by atoms with Gasteiger partial charge in [0.15, 0.2) is 0 Å². The Bertz CT molecular complexity index is 1120. The van der Waals surface area contributed by atoms with Crippen LogP contribution >= 0.6 is 7.92 Å². The number of hydrogen-bond donors (Lipinski definition) is 0. The van der Waals surface area contributed by atoms with Crippen LogP contribution in [-0.4, -0.2) is 0 Å². The second-order valence-corrected chi connectivity index (χ2v) is 8.82. The van der Waals surface area contributed by atoms with E-state index in [1.807, 2.05) is 0 Å². The third kappa shape index (κ3) is 2.93. The van der Waals surface area contributed by atoms with Crippen molar-refractivity contribution < 1.29 is 0 Å². The lowest BCUT2D eigenvalue weighted by Gasteiger charge is -2.23. The molecule has 0 nitrogen and oxygen atoms in total. The number of rotatable bonds is 3. The van der Waals surface area contributed by atoms with Crippen molar-refractivity contribution in [1.82, 2.24) is 0 Å². The summed E-state index contributed by atoms with van der Waals surface area (Å²) in [6.07, 6.45) is 0. The molecule has 0 bridgehead atoms. The van der Waals surface area contributed by atoms with E-state index in [1.54, 1.807) is 0 Å². The van der Waals surface area contributed by atoms with Gasteiger partial charge in [-0.2, -0.15) is 0 Å². The molecule has 0 amide bonds. The predicted octanol–water partition coefficient (Wildman–Crippen LogP) is 5.75. The molecule has 5 rings (SSSR count). The van der Waals surface area contributed by atoms with E-state index in [0.29, 0.717) is 0 Å². The third-order valence-electron chi connectivity index (χ3n) is 5.00. The molecule has 0 aliphatic carbocycles. The minimum Gasteiger partial charge on any atom is -0.0622 e. The van der Waals surface area contributed by atoms with Crippen LogP contribution < -0.4 is 15.9 Å². The SMILES string of the molecule is c1ccc(P(c2ccccc2)c2c3ccccc3cc3ccccc23)cc1. The van der Waals surface area contributed by atoms with Crippen molar-refractivity contribution in [3.05, 3.63) is 115 Å². The predicted molar refractivity (Wildman–Crippen MR) is 120 cm³/mol. The van der Waals surface area contributed by atoms with Crippen LogP contribution in [0.25, 0.3) is 21.5 Å². The smallest absolute Gasteiger partial charge is 0.000594 e. The van der Waals surface area contributed by atoms with Crippen molar-refractivity contribution >= 4 is 45.4 Å². The molecule has 5 aromatic rings. The summed E-state index contributed by atoms with van der Waals surface area (Å²) < 4.78 is 0. The Balaban J connectivity index is 1.92. The summed E-state index contributed by atoms with van der Waals surface area (Å²) >= 11 is 0. The lowest BCUT2D eigenvalue weighted by Crippen LogP contribution is -2.22. The molecule has 128 valence electrons. The van der Waals surface area contributed by atoms with Gasteiger partial charge in [-0.1, -0.05) is 109 Å². The highest BCUT2D eigenvalue weighted by Gasteiger charge is 2.21. The fourth-order valence-corrected chi connectivity index (χ4v) is 6.44. The fourth-order valence-electron chi connectivity index (χ4n) is 3.79. The van der Waals surface area contributed by atoms with Crippen molar-refractivity contribution in [2.24, 2.45) is 0 Å². The largest absolute Gasteiger partial charge is 0.0622 e. The lowest BCUT2D eigenvalue weighted by atomic mass is 10.0. The zero-order valence-electron chi connectivity index (χ0n) is 14.9. The van der Waals surface area contributed by atoms with Crippen LogP contribution in [0.15, 0.2) is 115 Å². The van der Waals surface area contributed by atoms with Crippen molar-refractivity contribution in [1.29, 1.82) is 0 Å². The van der Waals surface area contributed by atoms with Crippen LogP contribution in [0.1, 0.15) is 0 Å². The van der Waals surface area contributed by atoms with Crippen LogP contribution in [0.3, 0.4) is 0 Å². The average Bonchev–Trinajstić information content (AvgIpc) is 2.75. The summed E-state index contributed by atoms with van der Waals surface area (Å²) in [6, 6.07) is 41.8. The second kappa shape index (κ2) is 6.99. The highest BCUT2D eigenvalue weighted by atomic mass is 31.1. The molecular weight excluding hydrogens is 343 g/mol. The Morgan fingerprint density at radius 2 is 0.815 bits per heavy atom. The molecule has 1 heteroatoms. The highest BCUT2D eigenvalue weighted by molar-refractivity contribution is 7.80. The van der Waals surface area contributed by atoms with Gasteiger partial charge in [0, 0.05) is 5.30 Å². The third-order valence-corrected chi connectivity index (χ3v) is 7.55. The summed E-state index contributed by atoms with van der Waals surface area (Å²) in [5.74, 6) is 0. The maximum absolute atomic E-state index is 2.32. The number of benzene rings is 5. The molecule has 5 aromatic carbocycles. The Morgan fingerprint density at radius 1 is 0.407 bits per heavy atom. The average molecular weight is 362 g/mol. The van der Waals surface area contributed by atoms with Crippen molar-refractivity contribution in [2.45, 2.75) is 0 Å². The van der Waals surface area contributed by atoms with Crippen LogP contribution in [0.4, 0.5) is 0 Å². The Labute approximate surface area is 160 Å². The zero-order valence-corrected chi connectivity index (χ0v) is 15.8. The van der Waals surface area contributed by atoms with E-state index in [0.717, 1.165) is 0 Å². The van der Waals surface area contributed by atoms with Gasteiger partial charge in [-0.15, -0.1) is 0 Å². The van der Waals surface area contributed by atoms with E-state index in [9.17, 15) is 0 Å². The van der Waals surface area contributed by atoms with Crippen LogP contribution in [-0.2, 0) is 0 Å². The lowest BCUT2D eigenvalue weighted by molar-refractivity contribution is 1.75. The first kappa shape index (κ1) is 16.2. The summed E-state index contributed by atoms with van der Waals surface area (Å²) in [7, 11) is -0.646. The molecule has 0 heterocycles. The summed E-state index contributed by atoms with van der Waals surface area (Å²) in [4.78, 5) is 0. The summed E-state index contributed by atoms with van der Waals surface area (Å²) in [6.45, 7) is 0. The summed E-state index contributed by atoms with van der Waals surface area (Å²) in [5.41, 5.74) is 0. The van der Waals surface area contributed by atoms with Crippen molar-refractivity contribution in [3.63, 3.8) is 0 Å². The molecule has 0 saturated heterocycles. The second-order valence-electron chi connectivity index (χ2n) is 6.67. The van der Waals surface area contributed by atoms with Gasteiger partial charge in [-0.25, -0.2) is 0 Å². The van der Waals surface area contributed by atoms with Gasteiger partial charge in [-0.05, 0) is 46.1 Å². The maximum atomic E-state index is 2.32. The number of fused-ring (bicyclic) bond motifs is 2. The van der Waals surface area contributed by atoms with E-state index >= 15 is 0 Å². The van der Waals surface area contributed by atoms with Gasteiger partial charge in [0.1, 0.15) is 0 Å². The van der Waals surface area contributed by atoms with E-state index in [-0.39, 0.29) is 0 Å². The Morgan fingerprint density at radius 3 is 1.30 bits per heavy atom. The molecule has 0 aliphatic rings. The molecule has 0 atom stereocenters. The van der Waals surface area contributed by atoms with Gasteiger partial charge < -0.3 is 0 Å². The van der Waals surface area contributed by atoms with E-state index in [4.69, 9.17) is 0 Å². The fraction of sp³-hybridized carbons (Fsp3) is 0. The molecule has 0 unspecified atom stereocenters. The monoisotopic (exact) mass is 362 g/mol. The Kier molecular flexibility index (Phi) is 4.20. The van der Waals surface area contributed by atoms with Gasteiger partial charge >= 0.3 is 0 Å². The van der Waals surface area contributed by atoms with Crippen LogP contribution in [0, 0.1) is 0 Å². The summed E-state index contributed by atoms with van der Waals surface area (Å²) in [5, 5.41) is 9.57. The molecule has 0 saturated carbocycles. The van der Waals surface area contributed by atoms with Crippen molar-refractivity contribution in [2.75, 3.05) is 0 Å². The van der Waals surface area contributed by atoms with E-state index in [2.05, 4.69) is 115 Å². The zero-order chi connectivity index (χ0) is 18.1. The van der Waals surface area contributed by atoms with Crippen LogP contribution in [0.2, 0.25) is 0 Å². The minimum absolute atomic E-state index is 0.646.